The third-order valence-electron chi connectivity index (χ3n) is 3.37. The second-order valence-corrected chi connectivity index (χ2v) is 7.99. The van der Waals surface area contributed by atoms with E-state index >= 15 is 0 Å². The van der Waals surface area contributed by atoms with Gasteiger partial charge in [-0.05, 0) is 23.8 Å². The third-order valence-corrected chi connectivity index (χ3v) is 5.48. The summed E-state index contributed by atoms with van der Waals surface area (Å²) in [5, 5.41) is 2.85. The SMILES string of the molecule is CN(C)S(=O)(=O)c1ccc(OCC(=O)NCc2ccccc2)c(Cl)c1. The van der Waals surface area contributed by atoms with Gasteiger partial charge in [0.1, 0.15) is 5.75 Å². The molecule has 134 valence electrons. The van der Waals surface area contributed by atoms with Crippen molar-refractivity contribution in [1.29, 1.82) is 0 Å². The first-order valence-corrected chi connectivity index (χ1v) is 9.28. The standard InChI is InChI=1S/C17H19ClN2O4S/c1-20(2)25(22,23)14-8-9-16(15(18)10-14)24-12-17(21)19-11-13-6-4-3-5-7-13/h3-10H,11-12H2,1-2H3,(H,19,21). The summed E-state index contributed by atoms with van der Waals surface area (Å²) in [6.45, 7) is 0.184. The first-order valence-electron chi connectivity index (χ1n) is 7.46. The van der Waals surface area contributed by atoms with E-state index in [1.807, 2.05) is 30.3 Å². The summed E-state index contributed by atoms with van der Waals surface area (Å²) in [5.41, 5.74) is 0.979. The first-order chi connectivity index (χ1) is 11.8. The quantitative estimate of drug-likeness (QED) is 0.797. The lowest BCUT2D eigenvalue weighted by Crippen LogP contribution is -2.28. The van der Waals surface area contributed by atoms with Gasteiger partial charge in [0.2, 0.25) is 10.0 Å². The Kier molecular flexibility index (Phi) is 6.41. The Labute approximate surface area is 152 Å². The molecule has 0 unspecified atom stereocenters. The number of hydrogen-bond donors (Lipinski definition) is 1. The van der Waals surface area contributed by atoms with E-state index in [2.05, 4.69) is 5.32 Å². The largest absolute Gasteiger partial charge is 0.482 e. The van der Waals surface area contributed by atoms with Crippen molar-refractivity contribution < 1.29 is 17.9 Å². The van der Waals surface area contributed by atoms with Crippen LogP contribution in [0.15, 0.2) is 53.4 Å². The summed E-state index contributed by atoms with van der Waals surface area (Å²) in [7, 11) is -0.702. The molecule has 0 spiro atoms. The number of ether oxygens (including phenoxy) is 1. The maximum Gasteiger partial charge on any atom is 0.258 e. The molecule has 0 aliphatic carbocycles. The van der Waals surface area contributed by atoms with Gasteiger partial charge in [-0.2, -0.15) is 0 Å². The Morgan fingerprint density at radius 1 is 1.16 bits per heavy atom. The van der Waals surface area contributed by atoms with Gasteiger partial charge in [0, 0.05) is 20.6 Å². The van der Waals surface area contributed by atoms with Crippen molar-refractivity contribution in [3.05, 3.63) is 59.1 Å². The summed E-state index contributed by atoms with van der Waals surface area (Å²) in [5.74, 6) is -0.0563. The van der Waals surface area contributed by atoms with Gasteiger partial charge in [0.05, 0.1) is 9.92 Å². The van der Waals surface area contributed by atoms with Crippen LogP contribution in [0, 0.1) is 0 Å². The molecule has 0 aliphatic heterocycles. The minimum atomic E-state index is -3.57. The molecule has 25 heavy (non-hydrogen) atoms. The van der Waals surface area contributed by atoms with E-state index in [0.29, 0.717) is 6.54 Å². The Bertz CT molecular complexity index is 839. The molecule has 0 fully saturated rings. The summed E-state index contributed by atoms with van der Waals surface area (Å²) >= 11 is 6.06. The fourth-order valence-corrected chi connectivity index (χ4v) is 3.19. The molecule has 2 rings (SSSR count). The van der Waals surface area contributed by atoms with Crippen molar-refractivity contribution in [2.75, 3.05) is 20.7 Å². The molecule has 0 atom stereocenters. The van der Waals surface area contributed by atoms with E-state index in [0.717, 1.165) is 9.87 Å². The lowest BCUT2D eigenvalue weighted by atomic mass is 10.2. The number of halogens is 1. The van der Waals surface area contributed by atoms with E-state index in [9.17, 15) is 13.2 Å². The lowest BCUT2D eigenvalue weighted by molar-refractivity contribution is -0.123. The molecular formula is C17H19ClN2O4S. The average molecular weight is 383 g/mol. The number of sulfonamides is 1. The Balaban J connectivity index is 1.93. The second-order valence-electron chi connectivity index (χ2n) is 5.43. The number of rotatable bonds is 7. The average Bonchev–Trinajstić information content (AvgIpc) is 2.59. The fourth-order valence-electron chi connectivity index (χ4n) is 1.96. The van der Waals surface area contributed by atoms with E-state index in [4.69, 9.17) is 16.3 Å². The van der Waals surface area contributed by atoms with Gasteiger partial charge in [0.25, 0.3) is 5.91 Å². The van der Waals surface area contributed by atoms with Gasteiger partial charge in [-0.25, -0.2) is 12.7 Å². The van der Waals surface area contributed by atoms with Crippen LogP contribution in [-0.4, -0.2) is 39.3 Å². The number of benzene rings is 2. The zero-order chi connectivity index (χ0) is 18.4. The van der Waals surface area contributed by atoms with Crippen LogP contribution in [0.4, 0.5) is 0 Å². The van der Waals surface area contributed by atoms with Gasteiger partial charge in [-0.15, -0.1) is 0 Å². The molecule has 1 amide bonds. The second kappa shape index (κ2) is 8.33. The summed E-state index contributed by atoms with van der Waals surface area (Å²) in [6, 6.07) is 13.6. The summed E-state index contributed by atoms with van der Waals surface area (Å²) in [4.78, 5) is 11.9. The molecular weight excluding hydrogens is 364 g/mol. The maximum atomic E-state index is 12.0. The molecule has 0 bridgehead atoms. The fraction of sp³-hybridized carbons (Fsp3) is 0.235. The highest BCUT2D eigenvalue weighted by Gasteiger charge is 2.18. The zero-order valence-electron chi connectivity index (χ0n) is 13.9. The zero-order valence-corrected chi connectivity index (χ0v) is 15.5. The molecule has 0 saturated heterocycles. The first kappa shape index (κ1) is 19.2. The van der Waals surface area contributed by atoms with E-state index in [1.54, 1.807) is 0 Å². The molecule has 2 aromatic rings. The Morgan fingerprint density at radius 3 is 2.44 bits per heavy atom. The van der Waals surface area contributed by atoms with Crippen molar-refractivity contribution in [1.82, 2.24) is 9.62 Å². The van der Waals surface area contributed by atoms with Gasteiger partial charge >= 0.3 is 0 Å². The maximum absolute atomic E-state index is 12.0. The minimum Gasteiger partial charge on any atom is -0.482 e. The van der Waals surface area contributed by atoms with Gasteiger partial charge < -0.3 is 10.1 Å². The molecule has 1 N–H and O–H groups in total. The van der Waals surface area contributed by atoms with Crippen LogP contribution in [0.25, 0.3) is 0 Å². The predicted molar refractivity (Wildman–Crippen MR) is 96.1 cm³/mol. The van der Waals surface area contributed by atoms with Gasteiger partial charge in [-0.3, -0.25) is 4.79 Å². The number of carbonyl (C=O) groups is 1. The summed E-state index contributed by atoms with van der Waals surface area (Å²) in [6.07, 6.45) is 0. The van der Waals surface area contributed by atoms with Crippen LogP contribution in [0.5, 0.6) is 5.75 Å². The molecule has 0 saturated carbocycles. The number of amides is 1. The number of nitrogens with one attached hydrogen (secondary N) is 1. The van der Waals surface area contributed by atoms with Crippen LogP contribution in [-0.2, 0) is 21.4 Å². The topological polar surface area (TPSA) is 75.7 Å². The molecule has 2 aromatic carbocycles. The predicted octanol–water partition coefficient (Wildman–Crippen LogP) is 2.29. The van der Waals surface area contributed by atoms with Crippen LogP contribution < -0.4 is 10.1 Å². The van der Waals surface area contributed by atoms with Crippen molar-refractivity contribution in [2.45, 2.75) is 11.4 Å². The van der Waals surface area contributed by atoms with Crippen molar-refractivity contribution in [2.24, 2.45) is 0 Å². The highest BCUT2D eigenvalue weighted by Crippen LogP contribution is 2.28. The Hall–Kier alpha value is -2.09. The number of hydrogen-bond acceptors (Lipinski definition) is 4. The smallest absolute Gasteiger partial charge is 0.258 e. The molecule has 0 radical (unpaired) electrons. The highest BCUT2D eigenvalue weighted by atomic mass is 35.5. The van der Waals surface area contributed by atoms with Crippen LogP contribution in [0.2, 0.25) is 5.02 Å². The molecule has 0 aliphatic rings. The Morgan fingerprint density at radius 2 is 1.84 bits per heavy atom. The summed E-state index contributed by atoms with van der Waals surface area (Å²) < 4.78 is 30.5. The van der Waals surface area contributed by atoms with Crippen molar-refractivity contribution in [3.63, 3.8) is 0 Å². The van der Waals surface area contributed by atoms with E-state index in [-0.39, 0.29) is 28.2 Å². The van der Waals surface area contributed by atoms with Crippen LogP contribution >= 0.6 is 11.6 Å². The molecule has 0 aromatic heterocycles. The lowest BCUT2D eigenvalue weighted by Gasteiger charge is -2.13. The van der Waals surface area contributed by atoms with E-state index < -0.39 is 10.0 Å². The molecule has 0 heterocycles. The van der Waals surface area contributed by atoms with E-state index in [1.165, 1.54) is 32.3 Å². The monoisotopic (exact) mass is 382 g/mol. The van der Waals surface area contributed by atoms with Gasteiger partial charge in [0.15, 0.2) is 6.61 Å². The minimum absolute atomic E-state index is 0.0587. The normalized spacial score (nSPS) is 11.4. The highest BCUT2D eigenvalue weighted by molar-refractivity contribution is 7.89. The van der Waals surface area contributed by atoms with Crippen molar-refractivity contribution >= 4 is 27.5 Å². The number of nitrogens with zero attached hydrogens (tertiary/aromatic N) is 1. The van der Waals surface area contributed by atoms with Crippen molar-refractivity contribution in [3.8, 4) is 5.75 Å². The molecule has 6 nitrogen and oxygen atoms in total. The van der Waals surface area contributed by atoms with Crippen LogP contribution in [0.3, 0.4) is 0 Å². The van der Waals surface area contributed by atoms with Crippen LogP contribution in [0.1, 0.15) is 5.56 Å². The van der Waals surface area contributed by atoms with Gasteiger partial charge in [-0.1, -0.05) is 41.9 Å². The number of carbonyl (C=O) groups excluding carboxylic acids is 1. The molecule has 8 heteroatoms. The third kappa shape index (κ3) is 5.19.